The Bertz CT molecular complexity index is 438. The molecule has 1 aliphatic rings. The van der Waals surface area contributed by atoms with Crippen molar-refractivity contribution in [1.29, 1.82) is 0 Å². The maximum atomic E-state index is 13.1. The van der Waals surface area contributed by atoms with Gasteiger partial charge in [-0.2, -0.15) is 0 Å². The molecule has 19 heavy (non-hydrogen) atoms. The van der Waals surface area contributed by atoms with Crippen molar-refractivity contribution in [2.24, 2.45) is 11.7 Å². The summed E-state index contributed by atoms with van der Waals surface area (Å²) < 4.78 is 13.1. The van der Waals surface area contributed by atoms with Gasteiger partial charge in [0, 0.05) is 30.2 Å². The molecule has 2 N–H and O–H groups in total. The van der Waals surface area contributed by atoms with Gasteiger partial charge in [0.2, 0.25) is 0 Å². The topological polar surface area (TPSA) is 29.3 Å². The summed E-state index contributed by atoms with van der Waals surface area (Å²) >= 11 is 6.15. The van der Waals surface area contributed by atoms with E-state index in [4.69, 9.17) is 17.3 Å². The van der Waals surface area contributed by atoms with Crippen LogP contribution >= 0.6 is 11.6 Å². The summed E-state index contributed by atoms with van der Waals surface area (Å²) in [5, 5.41) is 0.510. The van der Waals surface area contributed by atoms with E-state index in [1.165, 1.54) is 12.1 Å². The number of nitrogens with zero attached hydrogens (tertiary/aromatic N) is 1. The van der Waals surface area contributed by atoms with E-state index in [-0.39, 0.29) is 11.9 Å². The van der Waals surface area contributed by atoms with Gasteiger partial charge in [-0.25, -0.2) is 4.39 Å². The minimum Gasteiger partial charge on any atom is -0.327 e. The third-order valence-electron chi connectivity index (χ3n) is 4.31. The summed E-state index contributed by atoms with van der Waals surface area (Å²) in [4.78, 5) is 2.40. The highest BCUT2D eigenvalue weighted by Crippen LogP contribution is 2.31. The quantitative estimate of drug-likeness (QED) is 0.919. The summed E-state index contributed by atoms with van der Waals surface area (Å²) in [7, 11) is 0. The van der Waals surface area contributed by atoms with Crippen LogP contribution in [0.5, 0.6) is 0 Å². The molecule has 2 nitrogen and oxygen atoms in total. The molecule has 1 saturated heterocycles. The summed E-state index contributed by atoms with van der Waals surface area (Å²) in [6.07, 6.45) is 2.11. The molecule has 0 aliphatic carbocycles. The summed E-state index contributed by atoms with van der Waals surface area (Å²) in [6.45, 7) is 6.28. The van der Waals surface area contributed by atoms with Crippen molar-refractivity contribution in [3.63, 3.8) is 0 Å². The molecule has 0 bridgehead atoms. The second-order valence-electron chi connectivity index (χ2n) is 5.46. The van der Waals surface area contributed by atoms with Crippen molar-refractivity contribution < 1.29 is 4.39 Å². The fourth-order valence-electron chi connectivity index (χ4n) is 2.90. The van der Waals surface area contributed by atoms with E-state index < -0.39 is 0 Å². The van der Waals surface area contributed by atoms with E-state index in [1.54, 1.807) is 6.07 Å². The van der Waals surface area contributed by atoms with Crippen LogP contribution in [0.15, 0.2) is 18.2 Å². The lowest BCUT2D eigenvalue weighted by Crippen LogP contribution is -2.47. The van der Waals surface area contributed by atoms with Gasteiger partial charge in [-0.3, -0.25) is 4.90 Å². The highest BCUT2D eigenvalue weighted by molar-refractivity contribution is 6.31. The molecule has 1 aromatic carbocycles. The Hall–Kier alpha value is -0.640. The molecule has 3 unspecified atom stereocenters. The number of halogens is 2. The second kappa shape index (κ2) is 6.21. The monoisotopic (exact) mass is 284 g/mol. The zero-order valence-corrected chi connectivity index (χ0v) is 12.3. The van der Waals surface area contributed by atoms with Crippen LogP contribution in [0, 0.1) is 11.7 Å². The Morgan fingerprint density at radius 1 is 1.53 bits per heavy atom. The third-order valence-corrected chi connectivity index (χ3v) is 4.64. The highest BCUT2D eigenvalue weighted by atomic mass is 35.5. The van der Waals surface area contributed by atoms with Crippen LogP contribution in [0.2, 0.25) is 5.02 Å². The van der Waals surface area contributed by atoms with Crippen LogP contribution < -0.4 is 5.73 Å². The molecule has 0 saturated carbocycles. The molecule has 0 aromatic heterocycles. The lowest BCUT2D eigenvalue weighted by molar-refractivity contribution is 0.114. The van der Waals surface area contributed by atoms with Crippen molar-refractivity contribution in [1.82, 2.24) is 4.90 Å². The third kappa shape index (κ3) is 3.28. The van der Waals surface area contributed by atoms with Gasteiger partial charge < -0.3 is 5.73 Å². The fraction of sp³-hybridized carbons (Fsp3) is 0.600. The number of likely N-dealkylation sites (tertiary alicyclic amines) is 1. The maximum Gasteiger partial charge on any atom is 0.124 e. The summed E-state index contributed by atoms with van der Waals surface area (Å²) in [6, 6.07) is 5.16. The number of rotatable bonds is 3. The Morgan fingerprint density at radius 2 is 2.26 bits per heavy atom. The van der Waals surface area contributed by atoms with Crippen LogP contribution in [0.25, 0.3) is 0 Å². The van der Waals surface area contributed by atoms with Crippen molar-refractivity contribution in [3.8, 4) is 0 Å². The Labute approximate surface area is 119 Å². The number of hydrogen-bond acceptors (Lipinski definition) is 2. The average molecular weight is 285 g/mol. The predicted molar refractivity (Wildman–Crippen MR) is 77.8 cm³/mol. The number of hydrogen-bond donors (Lipinski definition) is 1. The van der Waals surface area contributed by atoms with Crippen molar-refractivity contribution in [3.05, 3.63) is 34.6 Å². The Morgan fingerprint density at radius 3 is 2.89 bits per heavy atom. The molecule has 1 heterocycles. The van der Waals surface area contributed by atoms with Gasteiger partial charge in [0.15, 0.2) is 0 Å². The first-order chi connectivity index (χ1) is 9.02. The number of nitrogens with two attached hydrogens (primary N) is 1. The van der Waals surface area contributed by atoms with Crippen LogP contribution in [0.3, 0.4) is 0 Å². The number of benzene rings is 1. The second-order valence-corrected chi connectivity index (χ2v) is 5.86. The summed E-state index contributed by atoms with van der Waals surface area (Å²) in [5.41, 5.74) is 7.13. The Kier molecular flexibility index (Phi) is 4.82. The lowest BCUT2D eigenvalue weighted by Gasteiger charge is -2.40. The molecule has 1 aliphatic heterocycles. The van der Waals surface area contributed by atoms with Gasteiger partial charge in [-0.15, -0.1) is 0 Å². The van der Waals surface area contributed by atoms with E-state index in [9.17, 15) is 4.39 Å². The molecule has 4 heteroatoms. The molecule has 1 fully saturated rings. The molecule has 0 radical (unpaired) electrons. The Balaban J connectivity index is 2.13. The standard InChI is InChI=1S/C15H22ClFN2/c1-3-11-9-19(7-6-15(11)18)10(2)13-5-4-12(17)8-14(13)16/h4-5,8,10-11,15H,3,6-7,9,18H2,1-2H3. The van der Waals surface area contributed by atoms with Crippen LogP contribution in [-0.2, 0) is 0 Å². The molecular formula is C15H22ClFN2. The predicted octanol–water partition coefficient (Wildman–Crippen LogP) is 3.60. The minimum absolute atomic E-state index is 0.203. The smallest absolute Gasteiger partial charge is 0.124 e. The molecule has 2 rings (SSSR count). The van der Waals surface area contributed by atoms with E-state index in [2.05, 4.69) is 18.7 Å². The maximum absolute atomic E-state index is 13.1. The van der Waals surface area contributed by atoms with Crippen LogP contribution in [0.4, 0.5) is 4.39 Å². The zero-order valence-electron chi connectivity index (χ0n) is 11.6. The van der Waals surface area contributed by atoms with Crippen molar-refractivity contribution in [2.45, 2.75) is 38.8 Å². The van der Waals surface area contributed by atoms with Gasteiger partial charge in [-0.1, -0.05) is 31.0 Å². The van der Waals surface area contributed by atoms with E-state index in [0.717, 1.165) is 31.5 Å². The zero-order chi connectivity index (χ0) is 14.0. The molecule has 3 atom stereocenters. The van der Waals surface area contributed by atoms with E-state index in [1.807, 2.05) is 0 Å². The fourth-order valence-corrected chi connectivity index (χ4v) is 3.22. The minimum atomic E-state index is -0.284. The first-order valence-electron chi connectivity index (χ1n) is 6.97. The molecule has 1 aromatic rings. The largest absolute Gasteiger partial charge is 0.327 e. The van der Waals surface area contributed by atoms with Gasteiger partial charge in [0.25, 0.3) is 0 Å². The van der Waals surface area contributed by atoms with Crippen LogP contribution in [0.1, 0.15) is 38.3 Å². The normalized spacial score (nSPS) is 26.4. The SMILES string of the molecule is CCC1CN(C(C)c2ccc(F)cc2Cl)CCC1N. The first-order valence-corrected chi connectivity index (χ1v) is 7.35. The van der Waals surface area contributed by atoms with Gasteiger partial charge in [0.1, 0.15) is 5.82 Å². The van der Waals surface area contributed by atoms with Gasteiger partial charge in [-0.05, 0) is 37.0 Å². The van der Waals surface area contributed by atoms with E-state index in [0.29, 0.717) is 17.0 Å². The highest BCUT2D eigenvalue weighted by Gasteiger charge is 2.29. The number of piperidine rings is 1. The molecular weight excluding hydrogens is 263 g/mol. The lowest BCUT2D eigenvalue weighted by atomic mass is 9.89. The molecule has 0 amide bonds. The van der Waals surface area contributed by atoms with E-state index >= 15 is 0 Å². The van der Waals surface area contributed by atoms with Crippen LogP contribution in [-0.4, -0.2) is 24.0 Å². The average Bonchev–Trinajstić information content (AvgIpc) is 2.38. The summed E-state index contributed by atoms with van der Waals surface area (Å²) in [5.74, 6) is 0.253. The van der Waals surface area contributed by atoms with Crippen molar-refractivity contribution >= 4 is 11.6 Å². The molecule has 0 spiro atoms. The molecule has 106 valence electrons. The first kappa shape index (κ1) is 14.8. The van der Waals surface area contributed by atoms with Gasteiger partial charge >= 0.3 is 0 Å². The van der Waals surface area contributed by atoms with Gasteiger partial charge in [0.05, 0.1) is 0 Å². The van der Waals surface area contributed by atoms with Crippen molar-refractivity contribution in [2.75, 3.05) is 13.1 Å².